The number of rotatable bonds is 3. The summed E-state index contributed by atoms with van der Waals surface area (Å²) in [6.45, 7) is 3.39. The highest BCUT2D eigenvalue weighted by Gasteiger charge is 2.25. The lowest BCUT2D eigenvalue weighted by molar-refractivity contribution is 0.199. The van der Waals surface area contributed by atoms with Crippen molar-refractivity contribution >= 4 is 5.69 Å². The van der Waals surface area contributed by atoms with Crippen LogP contribution < -0.4 is 4.90 Å². The fourth-order valence-electron chi connectivity index (χ4n) is 2.42. The van der Waals surface area contributed by atoms with Gasteiger partial charge in [-0.05, 0) is 45.1 Å². The Morgan fingerprint density at radius 1 is 1.44 bits per heavy atom. The molecule has 1 aliphatic rings. The van der Waals surface area contributed by atoms with E-state index in [0.717, 1.165) is 19.5 Å². The smallest absolute Gasteiger partial charge is 0.146 e. The third kappa shape index (κ3) is 2.65. The summed E-state index contributed by atoms with van der Waals surface area (Å²) in [4.78, 5) is 4.26. The number of hydrogen-bond acceptors (Lipinski definition) is 3. The van der Waals surface area contributed by atoms with E-state index in [1.54, 1.807) is 19.1 Å². The van der Waals surface area contributed by atoms with Gasteiger partial charge in [0.15, 0.2) is 0 Å². The molecule has 1 aliphatic heterocycles. The van der Waals surface area contributed by atoms with E-state index in [-0.39, 0.29) is 5.82 Å². The van der Waals surface area contributed by atoms with Crippen LogP contribution in [0.4, 0.5) is 10.1 Å². The van der Waals surface area contributed by atoms with E-state index in [9.17, 15) is 9.50 Å². The van der Waals surface area contributed by atoms with Crippen molar-refractivity contribution in [3.8, 4) is 0 Å². The molecule has 3 nitrogen and oxygen atoms in total. The van der Waals surface area contributed by atoms with E-state index in [1.807, 2.05) is 0 Å². The molecule has 1 aromatic carbocycles. The molecule has 0 spiro atoms. The van der Waals surface area contributed by atoms with E-state index in [4.69, 9.17) is 0 Å². The summed E-state index contributed by atoms with van der Waals surface area (Å²) in [7, 11) is 4.11. The molecule has 100 valence electrons. The molecule has 1 N–H and O–H groups in total. The highest BCUT2D eigenvalue weighted by Crippen LogP contribution is 2.27. The van der Waals surface area contributed by atoms with Crippen LogP contribution in [0.3, 0.4) is 0 Å². The summed E-state index contributed by atoms with van der Waals surface area (Å²) < 4.78 is 14.0. The molecule has 1 fully saturated rings. The zero-order valence-electron chi connectivity index (χ0n) is 11.2. The Balaban J connectivity index is 2.15. The molecule has 18 heavy (non-hydrogen) atoms. The number of nitrogens with zero attached hydrogens (tertiary/aromatic N) is 2. The Morgan fingerprint density at radius 3 is 2.67 bits per heavy atom. The fraction of sp³-hybridized carbons (Fsp3) is 0.571. The van der Waals surface area contributed by atoms with Gasteiger partial charge in [0.1, 0.15) is 5.82 Å². The maximum atomic E-state index is 14.0. The van der Waals surface area contributed by atoms with Crippen LogP contribution in [0.5, 0.6) is 0 Å². The van der Waals surface area contributed by atoms with E-state index >= 15 is 0 Å². The van der Waals surface area contributed by atoms with Gasteiger partial charge in [0.2, 0.25) is 0 Å². The van der Waals surface area contributed by atoms with Crippen molar-refractivity contribution in [2.24, 2.45) is 0 Å². The van der Waals surface area contributed by atoms with Crippen LogP contribution in [0.25, 0.3) is 0 Å². The quantitative estimate of drug-likeness (QED) is 0.891. The first-order chi connectivity index (χ1) is 8.49. The van der Waals surface area contributed by atoms with Gasteiger partial charge in [-0.2, -0.15) is 0 Å². The van der Waals surface area contributed by atoms with Gasteiger partial charge in [0.05, 0.1) is 11.8 Å². The summed E-state index contributed by atoms with van der Waals surface area (Å²) in [5.41, 5.74) is 1.27. The Labute approximate surface area is 108 Å². The highest BCUT2D eigenvalue weighted by molar-refractivity contribution is 5.50. The minimum Gasteiger partial charge on any atom is -0.389 e. The van der Waals surface area contributed by atoms with Crippen molar-refractivity contribution in [1.82, 2.24) is 4.90 Å². The zero-order valence-corrected chi connectivity index (χ0v) is 11.2. The van der Waals surface area contributed by atoms with Gasteiger partial charge in [-0.1, -0.05) is 6.07 Å². The molecule has 1 saturated heterocycles. The molecule has 0 aromatic heterocycles. The molecule has 0 aliphatic carbocycles. The maximum absolute atomic E-state index is 14.0. The van der Waals surface area contributed by atoms with Crippen molar-refractivity contribution in [2.75, 3.05) is 32.1 Å². The van der Waals surface area contributed by atoms with E-state index in [2.05, 4.69) is 23.9 Å². The lowest BCUT2D eigenvalue weighted by Gasteiger charge is -2.22. The summed E-state index contributed by atoms with van der Waals surface area (Å²) in [5, 5.41) is 9.43. The standard InChI is InChI=1S/C14H21FN2O/c1-10(18)11-4-5-14(13(15)8-11)17-7-6-12(9-17)16(2)3/h4-5,8,10,12,18H,6-7,9H2,1-3H3/t10-,12?/m0/s1. The fourth-order valence-corrected chi connectivity index (χ4v) is 2.42. The van der Waals surface area contributed by atoms with E-state index in [1.165, 1.54) is 6.07 Å². The van der Waals surface area contributed by atoms with Crippen LogP contribution in [-0.4, -0.2) is 43.2 Å². The predicted octanol–water partition coefficient (Wildman–Crippen LogP) is 2.02. The maximum Gasteiger partial charge on any atom is 0.146 e. The van der Waals surface area contributed by atoms with E-state index in [0.29, 0.717) is 17.3 Å². The molecule has 0 saturated carbocycles. The average molecular weight is 252 g/mol. The molecule has 0 radical (unpaired) electrons. The second kappa shape index (κ2) is 5.24. The summed E-state index contributed by atoms with van der Waals surface area (Å²) >= 11 is 0. The number of likely N-dealkylation sites (N-methyl/N-ethyl adjacent to an activating group) is 1. The van der Waals surface area contributed by atoms with E-state index < -0.39 is 6.10 Å². The Kier molecular flexibility index (Phi) is 3.88. The Hall–Kier alpha value is -1.13. The number of aliphatic hydroxyl groups excluding tert-OH is 1. The lowest BCUT2D eigenvalue weighted by atomic mass is 10.1. The minimum atomic E-state index is -0.623. The largest absolute Gasteiger partial charge is 0.389 e. The normalized spacial score (nSPS) is 21.7. The number of halogens is 1. The molecule has 2 rings (SSSR count). The molecule has 4 heteroatoms. The third-order valence-corrected chi connectivity index (χ3v) is 3.69. The Bertz CT molecular complexity index is 420. The number of hydrogen-bond donors (Lipinski definition) is 1. The summed E-state index contributed by atoms with van der Waals surface area (Å²) in [6.07, 6.45) is 0.437. The molecular weight excluding hydrogens is 231 g/mol. The summed E-state index contributed by atoms with van der Waals surface area (Å²) in [6, 6.07) is 5.49. The first-order valence-corrected chi connectivity index (χ1v) is 6.38. The lowest BCUT2D eigenvalue weighted by Crippen LogP contribution is -2.31. The van der Waals surface area contributed by atoms with Crippen molar-refractivity contribution in [3.63, 3.8) is 0 Å². The topological polar surface area (TPSA) is 26.7 Å². The van der Waals surface area contributed by atoms with Crippen molar-refractivity contribution < 1.29 is 9.50 Å². The first kappa shape index (κ1) is 13.3. The van der Waals surface area contributed by atoms with Crippen molar-refractivity contribution in [1.29, 1.82) is 0 Å². The predicted molar refractivity (Wildman–Crippen MR) is 71.3 cm³/mol. The Morgan fingerprint density at radius 2 is 2.17 bits per heavy atom. The molecule has 1 heterocycles. The van der Waals surface area contributed by atoms with Gasteiger partial charge in [0.25, 0.3) is 0 Å². The van der Waals surface area contributed by atoms with Gasteiger partial charge in [-0.15, -0.1) is 0 Å². The van der Waals surface area contributed by atoms with Gasteiger partial charge in [-0.3, -0.25) is 0 Å². The number of aliphatic hydroxyl groups is 1. The molecule has 0 bridgehead atoms. The van der Waals surface area contributed by atoms with Crippen LogP contribution >= 0.6 is 0 Å². The molecular formula is C14H21FN2O. The van der Waals surface area contributed by atoms with Crippen LogP contribution in [0.15, 0.2) is 18.2 Å². The monoisotopic (exact) mass is 252 g/mol. The third-order valence-electron chi connectivity index (χ3n) is 3.69. The second-order valence-electron chi connectivity index (χ2n) is 5.24. The van der Waals surface area contributed by atoms with Gasteiger partial charge in [-0.25, -0.2) is 4.39 Å². The van der Waals surface area contributed by atoms with Gasteiger partial charge >= 0.3 is 0 Å². The van der Waals surface area contributed by atoms with Crippen LogP contribution in [0.2, 0.25) is 0 Å². The molecule has 1 unspecified atom stereocenters. The summed E-state index contributed by atoms with van der Waals surface area (Å²) in [5.74, 6) is -0.243. The second-order valence-corrected chi connectivity index (χ2v) is 5.24. The molecule has 2 atom stereocenters. The SMILES string of the molecule is C[C@H](O)c1ccc(N2CCC(N(C)C)C2)c(F)c1. The average Bonchev–Trinajstić information content (AvgIpc) is 2.78. The number of benzene rings is 1. The van der Waals surface area contributed by atoms with Crippen LogP contribution in [0.1, 0.15) is 25.0 Å². The van der Waals surface area contributed by atoms with Crippen LogP contribution in [0, 0.1) is 5.82 Å². The first-order valence-electron chi connectivity index (χ1n) is 6.38. The molecule has 1 aromatic rings. The minimum absolute atomic E-state index is 0.243. The number of anilines is 1. The van der Waals surface area contributed by atoms with Crippen molar-refractivity contribution in [3.05, 3.63) is 29.6 Å². The highest BCUT2D eigenvalue weighted by atomic mass is 19.1. The van der Waals surface area contributed by atoms with Crippen molar-refractivity contribution in [2.45, 2.75) is 25.5 Å². The van der Waals surface area contributed by atoms with Gasteiger partial charge in [0, 0.05) is 19.1 Å². The van der Waals surface area contributed by atoms with Gasteiger partial charge < -0.3 is 14.9 Å². The molecule has 0 amide bonds. The van der Waals surface area contributed by atoms with Crippen LogP contribution in [-0.2, 0) is 0 Å². The zero-order chi connectivity index (χ0) is 13.3.